The Bertz CT molecular complexity index is 412. The van der Waals surface area contributed by atoms with Crippen molar-refractivity contribution in [3.63, 3.8) is 0 Å². The summed E-state index contributed by atoms with van der Waals surface area (Å²) in [5, 5.41) is 3.09. The van der Waals surface area contributed by atoms with Gasteiger partial charge < -0.3 is 16.0 Å². The molecule has 0 aliphatic heterocycles. The van der Waals surface area contributed by atoms with E-state index in [-0.39, 0.29) is 12.5 Å². The van der Waals surface area contributed by atoms with Crippen molar-refractivity contribution in [2.75, 3.05) is 18.5 Å². The van der Waals surface area contributed by atoms with Crippen molar-refractivity contribution in [3.8, 4) is 0 Å². The summed E-state index contributed by atoms with van der Waals surface area (Å²) in [5.74, 6) is 0.554. The maximum atomic E-state index is 11.3. The lowest BCUT2D eigenvalue weighted by Gasteiger charge is -2.28. The third kappa shape index (κ3) is 3.67. The summed E-state index contributed by atoms with van der Waals surface area (Å²) >= 11 is 0. The summed E-state index contributed by atoms with van der Waals surface area (Å²) in [4.78, 5) is 17.8. The van der Waals surface area contributed by atoms with Gasteiger partial charge in [0.05, 0.1) is 6.54 Å². The van der Waals surface area contributed by atoms with Gasteiger partial charge in [-0.25, -0.2) is 4.98 Å². The standard InChI is InChI=1S/C14H22N4O/c1-16-8-11-6-7-14(17-9-11)18(10-13(15)19)12-4-2-3-5-12/h6-7,9,12,16H,2-5,8,10H2,1H3,(H2,15,19). The van der Waals surface area contributed by atoms with Gasteiger partial charge in [-0.1, -0.05) is 18.9 Å². The molecule has 1 amide bonds. The molecule has 1 heterocycles. The molecule has 1 aliphatic rings. The largest absolute Gasteiger partial charge is 0.368 e. The number of nitrogens with zero attached hydrogens (tertiary/aromatic N) is 2. The SMILES string of the molecule is CNCc1ccc(N(CC(N)=O)C2CCCC2)nc1. The minimum Gasteiger partial charge on any atom is -0.368 e. The summed E-state index contributed by atoms with van der Waals surface area (Å²) in [6, 6.07) is 4.42. The summed E-state index contributed by atoms with van der Waals surface area (Å²) in [7, 11) is 1.91. The van der Waals surface area contributed by atoms with Crippen LogP contribution in [0.1, 0.15) is 31.2 Å². The summed E-state index contributed by atoms with van der Waals surface area (Å²) in [6.07, 6.45) is 6.53. The van der Waals surface area contributed by atoms with Crippen LogP contribution < -0.4 is 16.0 Å². The molecule has 0 saturated heterocycles. The van der Waals surface area contributed by atoms with Crippen molar-refractivity contribution >= 4 is 11.7 Å². The van der Waals surface area contributed by atoms with Crippen LogP contribution in [0.5, 0.6) is 0 Å². The lowest BCUT2D eigenvalue weighted by Crippen LogP contribution is -2.40. The van der Waals surface area contributed by atoms with Crippen LogP contribution in [-0.4, -0.2) is 30.5 Å². The number of nitrogens with one attached hydrogen (secondary N) is 1. The highest BCUT2D eigenvalue weighted by molar-refractivity contribution is 5.79. The Morgan fingerprint density at radius 1 is 1.47 bits per heavy atom. The first kappa shape index (κ1) is 13.8. The van der Waals surface area contributed by atoms with Gasteiger partial charge >= 0.3 is 0 Å². The van der Waals surface area contributed by atoms with Gasteiger partial charge in [-0.05, 0) is 31.5 Å². The first-order chi connectivity index (χ1) is 9.20. The second-order valence-corrected chi connectivity index (χ2v) is 5.09. The molecule has 1 aromatic heterocycles. The average molecular weight is 262 g/mol. The third-order valence-corrected chi connectivity index (χ3v) is 3.58. The van der Waals surface area contributed by atoms with Crippen LogP contribution in [0.4, 0.5) is 5.82 Å². The van der Waals surface area contributed by atoms with Crippen LogP contribution in [0.25, 0.3) is 0 Å². The number of aromatic nitrogens is 1. The molecule has 5 nitrogen and oxygen atoms in total. The number of carbonyl (C=O) groups is 1. The highest BCUT2D eigenvalue weighted by Crippen LogP contribution is 2.26. The predicted octanol–water partition coefficient (Wildman–Crippen LogP) is 1.04. The zero-order chi connectivity index (χ0) is 13.7. The molecule has 2 rings (SSSR count). The molecule has 0 aromatic carbocycles. The Hall–Kier alpha value is -1.62. The normalized spacial score (nSPS) is 15.6. The molecule has 0 bridgehead atoms. The van der Waals surface area contributed by atoms with E-state index in [9.17, 15) is 4.79 Å². The molecule has 19 heavy (non-hydrogen) atoms. The summed E-state index contributed by atoms with van der Waals surface area (Å²) < 4.78 is 0. The second kappa shape index (κ2) is 6.52. The van der Waals surface area contributed by atoms with Gasteiger partial charge in [0.2, 0.25) is 5.91 Å². The zero-order valence-corrected chi connectivity index (χ0v) is 11.4. The highest BCUT2D eigenvalue weighted by atomic mass is 16.1. The van der Waals surface area contributed by atoms with Crippen LogP contribution in [0, 0.1) is 0 Å². The van der Waals surface area contributed by atoms with E-state index in [1.807, 2.05) is 25.4 Å². The van der Waals surface area contributed by atoms with Gasteiger partial charge in [-0.2, -0.15) is 0 Å². The highest BCUT2D eigenvalue weighted by Gasteiger charge is 2.24. The molecule has 1 saturated carbocycles. The molecule has 0 unspecified atom stereocenters. The molecule has 1 fully saturated rings. The van der Waals surface area contributed by atoms with Crippen molar-refractivity contribution in [1.82, 2.24) is 10.3 Å². The summed E-state index contributed by atoms with van der Waals surface area (Å²) in [5.41, 5.74) is 6.49. The van der Waals surface area contributed by atoms with E-state index in [1.165, 1.54) is 12.8 Å². The van der Waals surface area contributed by atoms with E-state index in [0.717, 1.165) is 30.8 Å². The molecular weight excluding hydrogens is 240 g/mol. The first-order valence-corrected chi connectivity index (χ1v) is 6.85. The van der Waals surface area contributed by atoms with E-state index in [1.54, 1.807) is 0 Å². The molecule has 104 valence electrons. The molecule has 0 spiro atoms. The Balaban J connectivity index is 2.14. The fraction of sp³-hybridized carbons (Fsp3) is 0.571. The van der Waals surface area contributed by atoms with Crippen molar-refractivity contribution in [3.05, 3.63) is 23.9 Å². The molecule has 0 atom stereocenters. The minimum absolute atomic E-state index is 0.253. The van der Waals surface area contributed by atoms with Crippen LogP contribution in [0.3, 0.4) is 0 Å². The van der Waals surface area contributed by atoms with Gasteiger partial charge in [-0.3, -0.25) is 4.79 Å². The Labute approximate surface area is 114 Å². The summed E-state index contributed by atoms with van der Waals surface area (Å²) in [6.45, 7) is 1.05. The Kier molecular flexibility index (Phi) is 4.74. The number of carbonyl (C=O) groups excluding carboxylic acids is 1. The average Bonchev–Trinajstić information content (AvgIpc) is 2.91. The van der Waals surface area contributed by atoms with Crippen molar-refractivity contribution < 1.29 is 4.79 Å². The predicted molar refractivity (Wildman–Crippen MR) is 75.8 cm³/mol. The van der Waals surface area contributed by atoms with Gasteiger partial charge in [0.15, 0.2) is 0 Å². The smallest absolute Gasteiger partial charge is 0.237 e. The van der Waals surface area contributed by atoms with Crippen molar-refractivity contribution in [2.45, 2.75) is 38.3 Å². The number of hydrogen-bond acceptors (Lipinski definition) is 4. The van der Waals surface area contributed by atoms with E-state index in [4.69, 9.17) is 5.73 Å². The van der Waals surface area contributed by atoms with E-state index in [0.29, 0.717) is 6.04 Å². The number of anilines is 1. The topological polar surface area (TPSA) is 71.2 Å². The third-order valence-electron chi connectivity index (χ3n) is 3.58. The van der Waals surface area contributed by atoms with E-state index >= 15 is 0 Å². The second-order valence-electron chi connectivity index (χ2n) is 5.09. The van der Waals surface area contributed by atoms with Gasteiger partial charge in [-0.15, -0.1) is 0 Å². The number of rotatable bonds is 6. The molecule has 1 aliphatic carbocycles. The van der Waals surface area contributed by atoms with Crippen molar-refractivity contribution in [2.24, 2.45) is 5.73 Å². The molecular formula is C14H22N4O. The van der Waals surface area contributed by atoms with Gasteiger partial charge in [0.1, 0.15) is 5.82 Å². The fourth-order valence-electron chi connectivity index (χ4n) is 2.68. The number of primary amides is 1. The minimum atomic E-state index is -0.298. The number of pyridine rings is 1. The van der Waals surface area contributed by atoms with Crippen LogP contribution in [-0.2, 0) is 11.3 Å². The lowest BCUT2D eigenvalue weighted by atomic mass is 10.2. The fourth-order valence-corrected chi connectivity index (χ4v) is 2.68. The monoisotopic (exact) mass is 262 g/mol. The maximum Gasteiger partial charge on any atom is 0.237 e. The van der Waals surface area contributed by atoms with Gasteiger partial charge in [0, 0.05) is 18.8 Å². The number of nitrogens with two attached hydrogens (primary N) is 1. The Morgan fingerprint density at radius 2 is 2.21 bits per heavy atom. The van der Waals surface area contributed by atoms with Crippen LogP contribution in [0.2, 0.25) is 0 Å². The first-order valence-electron chi connectivity index (χ1n) is 6.85. The van der Waals surface area contributed by atoms with Crippen LogP contribution in [0.15, 0.2) is 18.3 Å². The number of amides is 1. The van der Waals surface area contributed by atoms with E-state index in [2.05, 4.69) is 15.2 Å². The molecule has 3 N–H and O–H groups in total. The molecule has 1 aromatic rings. The van der Waals surface area contributed by atoms with Crippen LogP contribution >= 0.6 is 0 Å². The maximum absolute atomic E-state index is 11.3. The van der Waals surface area contributed by atoms with E-state index < -0.39 is 0 Å². The van der Waals surface area contributed by atoms with Gasteiger partial charge in [0.25, 0.3) is 0 Å². The lowest BCUT2D eigenvalue weighted by molar-refractivity contribution is -0.116. The van der Waals surface area contributed by atoms with Crippen molar-refractivity contribution in [1.29, 1.82) is 0 Å². The zero-order valence-electron chi connectivity index (χ0n) is 11.4. The Morgan fingerprint density at radius 3 is 2.74 bits per heavy atom. The molecule has 0 radical (unpaired) electrons. The molecule has 5 heteroatoms. The quantitative estimate of drug-likeness (QED) is 0.803. The number of hydrogen-bond donors (Lipinski definition) is 2.